The lowest BCUT2D eigenvalue weighted by atomic mass is 9.98. The number of ether oxygens (including phenoxy) is 1. The van der Waals surface area contributed by atoms with Gasteiger partial charge in [0.2, 0.25) is 5.91 Å². The Morgan fingerprint density at radius 1 is 1.03 bits per heavy atom. The molecular weight excluding hydrogens is 424 g/mol. The van der Waals surface area contributed by atoms with Crippen LogP contribution in [0.4, 0.5) is 4.79 Å². The van der Waals surface area contributed by atoms with Crippen LogP contribution in [0, 0.1) is 11.3 Å². The van der Waals surface area contributed by atoms with E-state index >= 15 is 0 Å². The van der Waals surface area contributed by atoms with Crippen LogP contribution in [0.5, 0.6) is 0 Å². The maximum atomic E-state index is 12.6. The fourth-order valence-corrected chi connectivity index (χ4v) is 5.58. The van der Waals surface area contributed by atoms with Gasteiger partial charge in [0.1, 0.15) is 12.6 Å². The minimum absolute atomic E-state index is 0.0244. The van der Waals surface area contributed by atoms with Crippen LogP contribution in [0.1, 0.15) is 36.3 Å². The van der Waals surface area contributed by atoms with Gasteiger partial charge < -0.3 is 25.6 Å². The Hall–Kier alpha value is -3.39. The molecule has 0 aromatic heterocycles. The summed E-state index contributed by atoms with van der Waals surface area (Å²) in [6.45, 7) is -0.443. The topological polar surface area (TPSA) is 125 Å². The molecule has 0 radical (unpaired) electrons. The van der Waals surface area contributed by atoms with Crippen molar-refractivity contribution < 1.29 is 29.3 Å². The number of aliphatic carboxylic acids is 1. The first-order valence-electron chi connectivity index (χ1n) is 11.2. The average molecular weight is 450 g/mol. The number of aliphatic hydroxyl groups excluding tert-OH is 1. The van der Waals surface area contributed by atoms with Crippen molar-refractivity contribution in [1.82, 2.24) is 10.6 Å². The Balaban J connectivity index is 1.17. The van der Waals surface area contributed by atoms with Crippen LogP contribution in [0.3, 0.4) is 0 Å². The summed E-state index contributed by atoms with van der Waals surface area (Å²) in [5.41, 5.74) is 3.94. The first-order chi connectivity index (χ1) is 15.9. The molecule has 2 aromatic rings. The zero-order valence-corrected chi connectivity index (χ0v) is 18.0. The van der Waals surface area contributed by atoms with Gasteiger partial charge in [0.15, 0.2) is 0 Å². The Labute approximate surface area is 191 Å². The standard InChI is InChI=1S/C25H26N2O6/c28-12-21(22(29)30)27-23(31)25-10-14(25)9-15(11-25)26-24(32)33-13-20-18-7-3-1-5-16(18)17-6-2-4-8-19(17)20/h1-8,14-15,20-21,28H,9-13H2,(H,26,32)(H,27,31)(H,29,30)/t14-,15+,21-,25+/m0/s1. The fourth-order valence-electron chi connectivity index (χ4n) is 5.58. The molecule has 4 N–H and O–H groups in total. The van der Waals surface area contributed by atoms with Crippen molar-refractivity contribution in [3.05, 3.63) is 59.7 Å². The lowest BCUT2D eigenvalue weighted by Crippen LogP contribution is -2.47. The number of aliphatic hydroxyl groups is 1. The molecule has 3 aliphatic carbocycles. The highest BCUT2D eigenvalue weighted by molar-refractivity contribution is 5.90. The summed E-state index contributed by atoms with van der Waals surface area (Å²) in [6, 6.07) is 14.7. The Bertz CT molecular complexity index is 1070. The van der Waals surface area contributed by atoms with Gasteiger partial charge >= 0.3 is 12.1 Å². The number of carbonyl (C=O) groups is 3. The first kappa shape index (κ1) is 21.5. The molecule has 0 unspecified atom stereocenters. The van der Waals surface area contributed by atoms with E-state index in [1.165, 1.54) is 0 Å². The zero-order valence-electron chi connectivity index (χ0n) is 18.0. The minimum atomic E-state index is -1.32. The third-order valence-electron chi connectivity index (χ3n) is 7.32. The largest absolute Gasteiger partial charge is 0.480 e. The maximum Gasteiger partial charge on any atom is 0.407 e. The van der Waals surface area contributed by atoms with Gasteiger partial charge in [0.05, 0.1) is 12.0 Å². The normalized spacial score (nSPS) is 25.4. The SMILES string of the molecule is O=C(N[C@@H]1C[C@H]2C[C@@]2(C(=O)N[C@@H](CO)C(=O)O)C1)OCC1c2ccccc2-c2ccccc21. The number of carboxylic acid groups (broad SMARTS) is 1. The summed E-state index contributed by atoms with van der Waals surface area (Å²) in [5.74, 6) is -1.57. The van der Waals surface area contributed by atoms with E-state index in [9.17, 15) is 14.4 Å². The number of carboxylic acids is 1. The summed E-state index contributed by atoms with van der Waals surface area (Å²) < 4.78 is 5.60. The van der Waals surface area contributed by atoms with Crippen molar-refractivity contribution in [3.8, 4) is 11.1 Å². The van der Waals surface area contributed by atoms with E-state index in [0.717, 1.165) is 22.3 Å². The van der Waals surface area contributed by atoms with Crippen LogP contribution in [-0.2, 0) is 14.3 Å². The zero-order chi connectivity index (χ0) is 23.2. The van der Waals surface area contributed by atoms with E-state index in [-0.39, 0.29) is 30.4 Å². The molecule has 8 heteroatoms. The minimum Gasteiger partial charge on any atom is -0.480 e. The molecule has 5 rings (SSSR count). The van der Waals surface area contributed by atoms with Gasteiger partial charge in [0.25, 0.3) is 0 Å². The highest BCUT2D eigenvalue weighted by atomic mass is 16.5. The maximum absolute atomic E-state index is 12.6. The van der Waals surface area contributed by atoms with Crippen LogP contribution in [0.15, 0.2) is 48.5 Å². The summed E-state index contributed by atoms with van der Waals surface area (Å²) in [6.07, 6.45) is 1.23. The second kappa shape index (κ2) is 8.19. The van der Waals surface area contributed by atoms with Gasteiger partial charge in [-0.25, -0.2) is 9.59 Å². The van der Waals surface area contributed by atoms with Crippen molar-refractivity contribution in [2.75, 3.05) is 13.2 Å². The highest BCUT2D eigenvalue weighted by Gasteiger charge is 2.65. The van der Waals surface area contributed by atoms with Crippen molar-refractivity contribution in [3.63, 3.8) is 0 Å². The van der Waals surface area contributed by atoms with Crippen molar-refractivity contribution >= 4 is 18.0 Å². The first-order valence-corrected chi connectivity index (χ1v) is 11.2. The Morgan fingerprint density at radius 2 is 1.67 bits per heavy atom. The molecule has 0 heterocycles. The van der Waals surface area contributed by atoms with E-state index in [0.29, 0.717) is 19.3 Å². The van der Waals surface area contributed by atoms with Crippen LogP contribution in [0.25, 0.3) is 11.1 Å². The molecule has 2 amide bonds. The number of amides is 2. The number of alkyl carbamates (subject to hydrolysis) is 1. The number of fused-ring (bicyclic) bond motifs is 4. The predicted molar refractivity (Wildman–Crippen MR) is 118 cm³/mol. The second-order valence-electron chi connectivity index (χ2n) is 9.21. The molecule has 2 fully saturated rings. The van der Waals surface area contributed by atoms with Gasteiger partial charge in [0, 0.05) is 12.0 Å². The molecule has 8 nitrogen and oxygen atoms in total. The van der Waals surface area contributed by atoms with Crippen molar-refractivity contribution in [2.45, 2.75) is 37.3 Å². The predicted octanol–water partition coefficient (Wildman–Crippen LogP) is 2.26. The van der Waals surface area contributed by atoms with E-state index in [4.69, 9.17) is 14.9 Å². The molecule has 0 saturated heterocycles. The van der Waals surface area contributed by atoms with Gasteiger partial charge in [-0.15, -0.1) is 0 Å². The van der Waals surface area contributed by atoms with Crippen LogP contribution < -0.4 is 10.6 Å². The lowest BCUT2D eigenvalue weighted by molar-refractivity contribution is -0.144. The number of hydrogen-bond acceptors (Lipinski definition) is 5. The van der Waals surface area contributed by atoms with E-state index in [2.05, 4.69) is 34.9 Å². The number of hydrogen-bond donors (Lipinski definition) is 4. The van der Waals surface area contributed by atoms with E-state index in [1.54, 1.807) is 0 Å². The van der Waals surface area contributed by atoms with Crippen molar-refractivity contribution in [2.24, 2.45) is 11.3 Å². The van der Waals surface area contributed by atoms with E-state index < -0.39 is 30.1 Å². The fraction of sp³-hybridized carbons (Fsp3) is 0.400. The number of nitrogens with one attached hydrogen (secondary N) is 2. The molecule has 3 aliphatic rings. The van der Waals surface area contributed by atoms with Crippen LogP contribution >= 0.6 is 0 Å². The molecular formula is C25H26N2O6. The molecule has 4 atom stereocenters. The lowest BCUT2D eigenvalue weighted by Gasteiger charge is -2.20. The summed E-state index contributed by atoms with van der Waals surface area (Å²) in [4.78, 5) is 36.3. The van der Waals surface area contributed by atoms with Crippen molar-refractivity contribution in [1.29, 1.82) is 0 Å². The summed E-state index contributed by atoms with van der Waals surface area (Å²) >= 11 is 0. The van der Waals surface area contributed by atoms with Crippen LogP contribution in [0.2, 0.25) is 0 Å². The number of benzene rings is 2. The smallest absolute Gasteiger partial charge is 0.407 e. The number of rotatable bonds is 7. The van der Waals surface area contributed by atoms with Crippen LogP contribution in [-0.4, -0.2) is 53.5 Å². The van der Waals surface area contributed by atoms with Gasteiger partial charge in [-0.3, -0.25) is 4.79 Å². The molecule has 172 valence electrons. The molecule has 2 saturated carbocycles. The highest BCUT2D eigenvalue weighted by Crippen LogP contribution is 2.63. The summed E-state index contributed by atoms with van der Waals surface area (Å²) in [7, 11) is 0. The number of carbonyl (C=O) groups excluding carboxylic acids is 2. The monoisotopic (exact) mass is 450 g/mol. The van der Waals surface area contributed by atoms with Gasteiger partial charge in [-0.2, -0.15) is 0 Å². The van der Waals surface area contributed by atoms with Gasteiger partial charge in [-0.1, -0.05) is 48.5 Å². The second-order valence-corrected chi connectivity index (χ2v) is 9.21. The average Bonchev–Trinajstić information content (AvgIpc) is 3.24. The molecule has 0 spiro atoms. The molecule has 2 aromatic carbocycles. The van der Waals surface area contributed by atoms with E-state index in [1.807, 2.05) is 24.3 Å². The summed E-state index contributed by atoms with van der Waals surface area (Å²) in [5, 5.41) is 23.5. The Kier molecular flexibility index (Phi) is 5.32. The quantitative estimate of drug-likeness (QED) is 0.513. The van der Waals surface area contributed by atoms with Gasteiger partial charge in [-0.05, 0) is 47.4 Å². The third kappa shape index (κ3) is 3.74. The molecule has 33 heavy (non-hydrogen) atoms. The third-order valence-corrected chi connectivity index (χ3v) is 7.32. The molecule has 0 bridgehead atoms. The molecule has 0 aliphatic heterocycles. The Morgan fingerprint density at radius 3 is 2.27 bits per heavy atom.